The molecule has 0 saturated carbocycles. The van der Waals surface area contributed by atoms with Gasteiger partial charge in [0.2, 0.25) is 0 Å². The number of hydrogen-bond donors (Lipinski definition) is 0. The van der Waals surface area contributed by atoms with Gasteiger partial charge in [-0.15, -0.1) is 0 Å². The summed E-state index contributed by atoms with van der Waals surface area (Å²) in [7, 11) is 1.57. The number of pyridine rings is 1. The Labute approximate surface area is 200 Å². The smallest absolute Gasteiger partial charge is 0.306 e. The van der Waals surface area contributed by atoms with Crippen LogP contribution in [0.5, 0.6) is 11.5 Å². The summed E-state index contributed by atoms with van der Waals surface area (Å²) in [6.07, 6.45) is 4.22. The molecule has 0 spiro atoms. The molecule has 0 unspecified atom stereocenters. The molecule has 0 amide bonds. The van der Waals surface area contributed by atoms with Gasteiger partial charge in [0.15, 0.2) is 0 Å². The number of methoxy groups -OCH3 is 1. The van der Waals surface area contributed by atoms with Crippen molar-refractivity contribution in [3.05, 3.63) is 77.4 Å². The van der Waals surface area contributed by atoms with Crippen LogP contribution in [0.15, 0.2) is 54.9 Å². The maximum absolute atomic E-state index is 14.7. The first-order chi connectivity index (χ1) is 16.2. The fourth-order valence-corrected chi connectivity index (χ4v) is 3.70. The van der Waals surface area contributed by atoms with E-state index in [9.17, 15) is 9.18 Å². The Kier molecular flexibility index (Phi) is 8.26. The van der Waals surface area contributed by atoms with Gasteiger partial charge in [0, 0.05) is 18.2 Å². The van der Waals surface area contributed by atoms with Crippen molar-refractivity contribution >= 4 is 5.97 Å². The molecule has 0 fully saturated rings. The highest BCUT2D eigenvalue weighted by Gasteiger charge is 2.21. The Hall–Kier alpha value is -3.41. The normalized spacial score (nSPS) is 11.2. The summed E-state index contributed by atoms with van der Waals surface area (Å²) in [6, 6.07) is 12.6. The van der Waals surface area contributed by atoms with Gasteiger partial charge in [-0.3, -0.25) is 9.78 Å². The van der Waals surface area contributed by atoms with Crippen molar-refractivity contribution in [1.82, 2.24) is 4.98 Å². The number of aromatic nitrogens is 1. The van der Waals surface area contributed by atoms with Crippen LogP contribution in [0.1, 0.15) is 50.8 Å². The van der Waals surface area contributed by atoms with E-state index in [1.807, 2.05) is 18.2 Å². The van der Waals surface area contributed by atoms with Gasteiger partial charge in [-0.05, 0) is 65.3 Å². The lowest BCUT2D eigenvalue weighted by Gasteiger charge is -2.24. The SMILES string of the molecule is CCOC(=O)CCc1cncc(OCc2ccc(-c3cc(OC)ccc3F)c(C(C)(C)C)c2)c1. The zero-order valence-electron chi connectivity index (χ0n) is 20.5. The molecule has 180 valence electrons. The molecule has 0 atom stereocenters. The minimum Gasteiger partial charge on any atom is -0.497 e. The second-order valence-corrected chi connectivity index (χ2v) is 9.10. The summed E-state index contributed by atoms with van der Waals surface area (Å²) in [5.41, 5.74) is 4.02. The predicted octanol–water partition coefficient (Wildman–Crippen LogP) is 6.27. The van der Waals surface area contributed by atoms with Gasteiger partial charge in [0.25, 0.3) is 0 Å². The van der Waals surface area contributed by atoms with Crippen molar-refractivity contribution in [3.8, 4) is 22.6 Å². The van der Waals surface area contributed by atoms with Crippen LogP contribution in [0.25, 0.3) is 11.1 Å². The third-order valence-electron chi connectivity index (χ3n) is 5.45. The maximum atomic E-state index is 14.7. The zero-order chi connectivity index (χ0) is 24.7. The van der Waals surface area contributed by atoms with Gasteiger partial charge in [0.05, 0.1) is 19.9 Å². The van der Waals surface area contributed by atoms with Crippen LogP contribution in [0, 0.1) is 5.82 Å². The average Bonchev–Trinajstić information content (AvgIpc) is 2.81. The Morgan fingerprint density at radius 1 is 0.971 bits per heavy atom. The summed E-state index contributed by atoms with van der Waals surface area (Å²) in [5.74, 6) is 0.720. The number of hydrogen-bond acceptors (Lipinski definition) is 5. The molecule has 0 aliphatic carbocycles. The zero-order valence-corrected chi connectivity index (χ0v) is 20.5. The van der Waals surface area contributed by atoms with Crippen molar-refractivity contribution in [2.75, 3.05) is 13.7 Å². The molecule has 1 heterocycles. The molecule has 0 bridgehead atoms. The van der Waals surface area contributed by atoms with Crippen LogP contribution >= 0.6 is 0 Å². The lowest BCUT2D eigenvalue weighted by atomic mass is 9.81. The van der Waals surface area contributed by atoms with Gasteiger partial charge < -0.3 is 14.2 Å². The Morgan fingerprint density at radius 3 is 2.47 bits per heavy atom. The van der Waals surface area contributed by atoms with Gasteiger partial charge >= 0.3 is 5.97 Å². The highest BCUT2D eigenvalue weighted by molar-refractivity contribution is 5.71. The van der Waals surface area contributed by atoms with Gasteiger partial charge in [-0.25, -0.2) is 4.39 Å². The van der Waals surface area contributed by atoms with Gasteiger partial charge in [0.1, 0.15) is 23.9 Å². The summed E-state index contributed by atoms with van der Waals surface area (Å²) in [4.78, 5) is 15.8. The van der Waals surface area contributed by atoms with E-state index in [1.165, 1.54) is 6.07 Å². The number of carbonyl (C=O) groups excluding carboxylic acids is 1. The largest absolute Gasteiger partial charge is 0.497 e. The van der Waals surface area contributed by atoms with Crippen LogP contribution in [0.3, 0.4) is 0 Å². The van der Waals surface area contributed by atoms with Crippen LogP contribution in [0.2, 0.25) is 0 Å². The van der Waals surface area contributed by atoms with E-state index in [0.717, 1.165) is 22.3 Å². The van der Waals surface area contributed by atoms with E-state index in [-0.39, 0.29) is 17.2 Å². The monoisotopic (exact) mass is 465 g/mol. The molecule has 6 heteroatoms. The number of nitrogens with zero attached hydrogens (tertiary/aromatic N) is 1. The van der Waals surface area contributed by atoms with Crippen molar-refractivity contribution in [1.29, 1.82) is 0 Å². The van der Waals surface area contributed by atoms with Crippen LogP contribution in [-0.4, -0.2) is 24.7 Å². The van der Waals surface area contributed by atoms with Gasteiger partial charge in [-0.1, -0.05) is 39.0 Å². The average molecular weight is 466 g/mol. The lowest BCUT2D eigenvalue weighted by Crippen LogP contribution is -2.14. The Balaban J connectivity index is 1.79. The molecule has 0 saturated heterocycles. The fraction of sp³-hybridized carbons (Fsp3) is 0.357. The summed E-state index contributed by atoms with van der Waals surface area (Å²) in [6.45, 7) is 8.81. The minimum atomic E-state index is -0.291. The second-order valence-electron chi connectivity index (χ2n) is 9.10. The molecule has 0 radical (unpaired) electrons. The molecule has 0 aliphatic heterocycles. The van der Waals surface area contributed by atoms with E-state index >= 15 is 0 Å². The third-order valence-corrected chi connectivity index (χ3v) is 5.45. The highest BCUT2D eigenvalue weighted by atomic mass is 19.1. The number of carbonyl (C=O) groups is 1. The molecule has 3 rings (SSSR count). The fourth-order valence-electron chi connectivity index (χ4n) is 3.70. The van der Waals surface area contributed by atoms with E-state index in [1.54, 1.807) is 38.6 Å². The van der Waals surface area contributed by atoms with E-state index in [2.05, 4.69) is 31.8 Å². The first kappa shape index (κ1) is 25.2. The standard InChI is InChI=1S/C28H32FNO4/c1-6-33-27(31)12-8-19-13-22(17-30-16-19)34-18-20-7-10-23(25(14-20)28(2,3)4)24-15-21(32-5)9-11-26(24)29/h7,9-11,13-17H,6,8,12,18H2,1-5H3. The van der Waals surface area contributed by atoms with Crippen LogP contribution in [-0.2, 0) is 28.0 Å². The lowest BCUT2D eigenvalue weighted by molar-refractivity contribution is -0.143. The number of rotatable bonds is 9. The molecule has 34 heavy (non-hydrogen) atoms. The molecule has 1 aromatic heterocycles. The van der Waals surface area contributed by atoms with E-state index < -0.39 is 0 Å². The van der Waals surface area contributed by atoms with Crippen LogP contribution in [0.4, 0.5) is 4.39 Å². The number of halogens is 1. The van der Waals surface area contributed by atoms with Crippen molar-refractivity contribution in [2.24, 2.45) is 0 Å². The second kappa shape index (κ2) is 11.1. The maximum Gasteiger partial charge on any atom is 0.306 e. The quantitative estimate of drug-likeness (QED) is 0.349. The van der Waals surface area contributed by atoms with Crippen molar-refractivity contribution in [3.63, 3.8) is 0 Å². The number of esters is 1. The highest BCUT2D eigenvalue weighted by Crippen LogP contribution is 2.36. The number of benzene rings is 2. The molecular weight excluding hydrogens is 433 g/mol. The first-order valence-corrected chi connectivity index (χ1v) is 11.4. The van der Waals surface area contributed by atoms with Crippen molar-refractivity contribution < 1.29 is 23.4 Å². The summed E-state index contributed by atoms with van der Waals surface area (Å²) >= 11 is 0. The third kappa shape index (κ3) is 6.56. The van der Waals surface area contributed by atoms with Crippen LogP contribution < -0.4 is 9.47 Å². The Bertz CT molecular complexity index is 1140. The Morgan fingerprint density at radius 2 is 1.76 bits per heavy atom. The van der Waals surface area contributed by atoms with E-state index in [0.29, 0.717) is 43.1 Å². The molecule has 0 N–H and O–H groups in total. The van der Waals surface area contributed by atoms with Crippen molar-refractivity contribution in [2.45, 2.75) is 52.6 Å². The number of ether oxygens (including phenoxy) is 3. The topological polar surface area (TPSA) is 57.7 Å². The van der Waals surface area contributed by atoms with Gasteiger partial charge in [-0.2, -0.15) is 0 Å². The number of aryl methyl sites for hydroxylation is 1. The summed E-state index contributed by atoms with van der Waals surface area (Å²) in [5, 5.41) is 0. The molecule has 5 nitrogen and oxygen atoms in total. The molecule has 2 aromatic carbocycles. The minimum absolute atomic E-state index is 0.213. The molecule has 0 aliphatic rings. The predicted molar refractivity (Wildman–Crippen MR) is 131 cm³/mol. The molecule has 3 aromatic rings. The van der Waals surface area contributed by atoms with E-state index in [4.69, 9.17) is 14.2 Å². The summed E-state index contributed by atoms with van der Waals surface area (Å²) < 4.78 is 31.0. The first-order valence-electron chi connectivity index (χ1n) is 11.4. The molecular formula is C28H32FNO4.